The van der Waals surface area contributed by atoms with Crippen LogP contribution in [0.2, 0.25) is 0 Å². The average Bonchev–Trinajstić information content (AvgIpc) is 2.67. The first kappa shape index (κ1) is 10.9. The maximum Gasteiger partial charge on any atom is 0.0123 e. The minimum Gasteiger partial charge on any atom is -0.300 e. The number of likely N-dealkylation sites (tertiary alicyclic amines) is 1. The molecule has 2 unspecified atom stereocenters. The molecule has 2 rings (SSSR count). The highest BCUT2D eigenvalue weighted by molar-refractivity contribution is 9.09. The lowest BCUT2D eigenvalue weighted by atomic mass is 9.92. The van der Waals surface area contributed by atoms with E-state index in [1.807, 2.05) is 0 Å². The molecule has 14 heavy (non-hydrogen) atoms. The van der Waals surface area contributed by atoms with Gasteiger partial charge in [0.25, 0.3) is 0 Å². The Morgan fingerprint density at radius 3 is 2.79 bits per heavy atom. The Morgan fingerprint density at radius 2 is 1.93 bits per heavy atom. The van der Waals surface area contributed by atoms with Gasteiger partial charge in [-0.3, -0.25) is 0 Å². The third kappa shape index (κ3) is 2.52. The zero-order chi connectivity index (χ0) is 9.80. The summed E-state index contributed by atoms with van der Waals surface area (Å²) in [5.74, 6) is 1.06. The third-order valence-electron chi connectivity index (χ3n) is 3.94. The Hall–Kier alpha value is 0.440. The molecular weight excluding hydrogens is 238 g/mol. The Labute approximate surface area is 96.4 Å². The fourth-order valence-electron chi connectivity index (χ4n) is 3.24. The molecule has 0 spiro atoms. The molecule has 2 heteroatoms. The molecule has 2 fully saturated rings. The third-order valence-corrected chi connectivity index (χ3v) is 4.50. The average molecular weight is 260 g/mol. The number of piperidine rings is 1. The Morgan fingerprint density at radius 1 is 1.07 bits per heavy atom. The van der Waals surface area contributed by atoms with E-state index in [0.717, 1.165) is 12.0 Å². The van der Waals surface area contributed by atoms with Crippen LogP contribution in [0.1, 0.15) is 44.9 Å². The van der Waals surface area contributed by atoms with Crippen LogP contribution in [0.3, 0.4) is 0 Å². The quantitative estimate of drug-likeness (QED) is 0.553. The molecule has 2 atom stereocenters. The van der Waals surface area contributed by atoms with Crippen molar-refractivity contribution in [3.05, 3.63) is 0 Å². The van der Waals surface area contributed by atoms with E-state index in [4.69, 9.17) is 0 Å². The molecule has 0 aromatic rings. The molecule has 0 amide bonds. The SMILES string of the molecule is BrCCCCN1CCCC2CCCC21. The first-order chi connectivity index (χ1) is 6.92. The number of halogens is 1. The zero-order valence-corrected chi connectivity index (χ0v) is 10.6. The van der Waals surface area contributed by atoms with Crippen molar-refractivity contribution in [3.63, 3.8) is 0 Å². The summed E-state index contributed by atoms with van der Waals surface area (Å²) in [5.41, 5.74) is 0. The van der Waals surface area contributed by atoms with E-state index in [9.17, 15) is 0 Å². The van der Waals surface area contributed by atoms with E-state index >= 15 is 0 Å². The van der Waals surface area contributed by atoms with Crippen LogP contribution >= 0.6 is 15.9 Å². The van der Waals surface area contributed by atoms with Gasteiger partial charge in [0.15, 0.2) is 0 Å². The lowest BCUT2D eigenvalue weighted by Gasteiger charge is -2.37. The molecule has 1 saturated carbocycles. The van der Waals surface area contributed by atoms with Crippen LogP contribution in [0.5, 0.6) is 0 Å². The monoisotopic (exact) mass is 259 g/mol. The van der Waals surface area contributed by atoms with Crippen molar-refractivity contribution in [2.24, 2.45) is 5.92 Å². The first-order valence-electron chi connectivity index (χ1n) is 6.22. The van der Waals surface area contributed by atoms with Gasteiger partial charge < -0.3 is 4.90 Å². The zero-order valence-electron chi connectivity index (χ0n) is 9.05. The number of nitrogens with zero attached hydrogens (tertiary/aromatic N) is 1. The topological polar surface area (TPSA) is 3.24 Å². The van der Waals surface area contributed by atoms with Gasteiger partial charge in [-0.1, -0.05) is 22.4 Å². The van der Waals surface area contributed by atoms with Gasteiger partial charge in [-0.25, -0.2) is 0 Å². The van der Waals surface area contributed by atoms with E-state index < -0.39 is 0 Å². The number of rotatable bonds is 4. The highest BCUT2D eigenvalue weighted by atomic mass is 79.9. The number of fused-ring (bicyclic) bond motifs is 1. The summed E-state index contributed by atoms with van der Waals surface area (Å²) < 4.78 is 0. The Kier molecular flexibility index (Phi) is 4.30. The van der Waals surface area contributed by atoms with Gasteiger partial charge in [0, 0.05) is 11.4 Å². The molecule has 1 nitrogen and oxygen atoms in total. The number of hydrogen-bond donors (Lipinski definition) is 0. The van der Waals surface area contributed by atoms with Gasteiger partial charge in [-0.15, -0.1) is 0 Å². The summed E-state index contributed by atoms with van der Waals surface area (Å²) in [6.45, 7) is 2.73. The maximum atomic E-state index is 3.51. The fraction of sp³-hybridized carbons (Fsp3) is 1.00. The van der Waals surface area contributed by atoms with Crippen molar-refractivity contribution in [2.75, 3.05) is 18.4 Å². The number of hydrogen-bond acceptors (Lipinski definition) is 1. The van der Waals surface area contributed by atoms with Gasteiger partial charge in [0.2, 0.25) is 0 Å². The molecule has 2 aliphatic rings. The standard InChI is InChI=1S/C12H22BrN/c13-8-1-2-9-14-10-4-6-11-5-3-7-12(11)14/h11-12H,1-10H2. The molecule has 0 aromatic heterocycles. The van der Waals surface area contributed by atoms with Crippen LogP contribution in [-0.2, 0) is 0 Å². The van der Waals surface area contributed by atoms with Crippen molar-refractivity contribution in [3.8, 4) is 0 Å². The molecular formula is C12H22BrN. The summed E-state index contributed by atoms with van der Waals surface area (Å²) in [6.07, 6.45) is 10.2. The predicted molar refractivity (Wildman–Crippen MR) is 65.0 cm³/mol. The highest BCUT2D eigenvalue weighted by Crippen LogP contribution is 2.36. The van der Waals surface area contributed by atoms with Gasteiger partial charge >= 0.3 is 0 Å². The lowest BCUT2D eigenvalue weighted by molar-refractivity contribution is 0.112. The van der Waals surface area contributed by atoms with Crippen molar-refractivity contribution in [1.82, 2.24) is 4.90 Å². The summed E-state index contributed by atoms with van der Waals surface area (Å²) >= 11 is 3.51. The van der Waals surface area contributed by atoms with Crippen molar-refractivity contribution in [1.29, 1.82) is 0 Å². The molecule has 0 radical (unpaired) electrons. The van der Waals surface area contributed by atoms with Crippen LogP contribution in [0.4, 0.5) is 0 Å². The summed E-state index contributed by atoms with van der Waals surface area (Å²) in [4.78, 5) is 2.78. The smallest absolute Gasteiger partial charge is 0.0123 e. The normalized spacial score (nSPS) is 33.2. The van der Waals surface area contributed by atoms with E-state index in [-0.39, 0.29) is 0 Å². The van der Waals surface area contributed by atoms with Crippen LogP contribution in [-0.4, -0.2) is 29.4 Å². The lowest BCUT2D eigenvalue weighted by Crippen LogP contribution is -2.42. The van der Waals surface area contributed by atoms with E-state index in [1.165, 1.54) is 63.4 Å². The van der Waals surface area contributed by atoms with Crippen LogP contribution in [0.25, 0.3) is 0 Å². The van der Waals surface area contributed by atoms with Crippen LogP contribution < -0.4 is 0 Å². The van der Waals surface area contributed by atoms with E-state index in [0.29, 0.717) is 0 Å². The summed E-state index contributed by atoms with van der Waals surface area (Å²) in [6, 6.07) is 0.971. The molecule has 82 valence electrons. The maximum absolute atomic E-state index is 3.51. The Bertz CT molecular complexity index is 172. The van der Waals surface area contributed by atoms with Crippen molar-refractivity contribution in [2.45, 2.75) is 51.0 Å². The number of alkyl halides is 1. The molecule has 1 aliphatic carbocycles. The fourth-order valence-corrected chi connectivity index (χ4v) is 3.64. The second-order valence-corrected chi connectivity index (χ2v) is 5.63. The molecule has 1 aliphatic heterocycles. The molecule has 0 bridgehead atoms. The second-order valence-electron chi connectivity index (χ2n) is 4.83. The predicted octanol–water partition coefficient (Wildman–Crippen LogP) is 3.43. The minimum absolute atomic E-state index is 0.971. The molecule has 0 aromatic carbocycles. The number of unbranched alkanes of at least 4 members (excludes halogenated alkanes) is 1. The van der Waals surface area contributed by atoms with Gasteiger partial charge in [0.05, 0.1) is 0 Å². The van der Waals surface area contributed by atoms with E-state index in [2.05, 4.69) is 20.8 Å². The highest BCUT2D eigenvalue weighted by Gasteiger charge is 2.34. The summed E-state index contributed by atoms with van der Waals surface area (Å²) in [7, 11) is 0. The largest absolute Gasteiger partial charge is 0.300 e. The van der Waals surface area contributed by atoms with Gasteiger partial charge in [-0.05, 0) is 57.5 Å². The summed E-state index contributed by atoms with van der Waals surface area (Å²) in [5, 5.41) is 1.18. The minimum atomic E-state index is 0.971. The molecule has 0 N–H and O–H groups in total. The van der Waals surface area contributed by atoms with Crippen molar-refractivity contribution >= 4 is 15.9 Å². The van der Waals surface area contributed by atoms with Crippen LogP contribution in [0.15, 0.2) is 0 Å². The van der Waals surface area contributed by atoms with Gasteiger partial charge in [-0.2, -0.15) is 0 Å². The van der Waals surface area contributed by atoms with Crippen molar-refractivity contribution < 1.29 is 0 Å². The van der Waals surface area contributed by atoms with Gasteiger partial charge in [0.1, 0.15) is 0 Å². The second kappa shape index (κ2) is 5.50. The Balaban J connectivity index is 1.78. The first-order valence-corrected chi connectivity index (χ1v) is 7.34. The van der Waals surface area contributed by atoms with Crippen LogP contribution in [0, 0.1) is 5.92 Å². The molecule has 1 heterocycles. The van der Waals surface area contributed by atoms with E-state index in [1.54, 1.807) is 0 Å². The molecule has 1 saturated heterocycles.